The third kappa shape index (κ3) is 5.33. The number of nitrogens with one attached hydrogen (secondary N) is 1. The predicted octanol–water partition coefficient (Wildman–Crippen LogP) is 0.784. The second-order valence-corrected chi connectivity index (χ2v) is 2.97. The molecule has 0 saturated heterocycles. The molecule has 5 heteroatoms. The summed E-state index contributed by atoms with van der Waals surface area (Å²) in [6, 6.07) is 8.80. The van der Waals surface area contributed by atoms with Gasteiger partial charge in [-0.05, 0) is 12.1 Å². The maximum absolute atomic E-state index is 11.2. The van der Waals surface area contributed by atoms with Gasteiger partial charge >= 0.3 is 6.09 Å². The minimum Gasteiger partial charge on any atom is -0.410 e. The molecule has 0 unspecified atom stereocenters. The van der Waals surface area contributed by atoms with Gasteiger partial charge in [-0.25, -0.2) is 4.79 Å². The fourth-order valence-electron chi connectivity index (χ4n) is 1.02. The standard InChI is InChI=1S/C11H15NO4/c13-7-9-15-8-6-12-11(14)16-10-4-2-1-3-5-10/h1-5,13H,6-9H2,(H,12,14). The molecule has 0 heterocycles. The van der Waals surface area contributed by atoms with Crippen LogP contribution in [0.5, 0.6) is 5.75 Å². The van der Waals surface area contributed by atoms with Crippen molar-refractivity contribution in [1.29, 1.82) is 0 Å². The van der Waals surface area contributed by atoms with Crippen LogP contribution in [0, 0.1) is 0 Å². The Morgan fingerprint density at radius 2 is 2.00 bits per heavy atom. The second kappa shape index (κ2) is 7.67. The van der Waals surface area contributed by atoms with E-state index in [1.54, 1.807) is 24.3 Å². The Labute approximate surface area is 94.0 Å². The molecular formula is C11H15NO4. The Balaban J connectivity index is 2.12. The molecule has 5 nitrogen and oxygen atoms in total. The van der Waals surface area contributed by atoms with E-state index in [0.29, 0.717) is 18.9 Å². The molecule has 0 aliphatic rings. The van der Waals surface area contributed by atoms with E-state index in [1.807, 2.05) is 6.07 Å². The topological polar surface area (TPSA) is 67.8 Å². The predicted molar refractivity (Wildman–Crippen MR) is 58.4 cm³/mol. The van der Waals surface area contributed by atoms with Crippen LogP contribution < -0.4 is 10.1 Å². The lowest BCUT2D eigenvalue weighted by Crippen LogP contribution is -2.30. The van der Waals surface area contributed by atoms with Crippen LogP contribution >= 0.6 is 0 Å². The van der Waals surface area contributed by atoms with Gasteiger partial charge in [0.2, 0.25) is 0 Å². The number of hydrogen-bond acceptors (Lipinski definition) is 4. The van der Waals surface area contributed by atoms with Gasteiger partial charge in [0.15, 0.2) is 0 Å². The van der Waals surface area contributed by atoms with Gasteiger partial charge in [-0.15, -0.1) is 0 Å². The van der Waals surface area contributed by atoms with Crippen LogP contribution in [0.1, 0.15) is 0 Å². The van der Waals surface area contributed by atoms with Gasteiger partial charge in [0.25, 0.3) is 0 Å². The van der Waals surface area contributed by atoms with Crippen molar-refractivity contribution in [2.24, 2.45) is 0 Å². The van der Waals surface area contributed by atoms with Crippen molar-refractivity contribution in [3.05, 3.63) is 30.3 Å². The number of carbonyl (C=O) groups is 1. The molecule has 0 aromatic heterocycles. The minimum atomic E-state index is -0.515. The zero-order valence-electron chi connectivity index (χ0n) is 8.89. The molecule has 0 spiro atoms. The van der Waals surface area contributed by atoms with E-state index < -0.39 is 6.09 Å². The molecule has 16 heavy (non-hydrogen) atoms. The van der Waals surface area contributed by atoms with Crippen LogP contribution in [-0.4, -0.2) is 37.6 Å². The molecule has 1 amide bonds. The van der Waals surface area contributed by atoms with Crippen molar-refractivity contribution < 1.29 is 19.4 Å². The van der Waals surface area contributed by atoms with Crippen LogP contribution in [-0.2, 0) is 4.74 Å². The molecule has 0 radical (unpaired) electrons. The summed E-state index contributed by atoms with van der Waals surface area (Å²) >= 11 is 0. The third-order valence-electron chi connectivity index (χ3n) is 1.71. The van der Waals surface area contributed by atoms with Gasteiger partial charge in [0.05, 0.1) is 19.8 Å². The van der Waals surface area contributed by atoms with E-state index >= 15 is 0 Å². The average molecular weight is 225 g/mol. The molecule has 1 aromatic carbocycles. The normalized spacial score (nSPS) is 9.81. The third-order valence-corrected chi connectivity index (χ3v) is 1.71. The van der Waals surface area contributed by atoms with E-state index in [0.717, 1.165) is 0 Å². The van der Waals surface area contributed by atoms with Gasteiger partial charge < -0.3 is 19.9 Å². The zero-order valence-corrected chi connectivity index (χ0v) is 8.89. The number of aliphatic hydroxyl groups is 1. The molecule has 0 atom stereocenters. The molecule has 88 valence electrons. The Bertz CT molecular complexity index is 302. The molecule has 1 aromatic rings. The molecule has 0 saturated carbocycles. The number of carbonyl (C=O) groups excluding carboxylic acids is 1. The highest BCUT2D eigenvalue weighted by atomic mass is 16.6. The Kier molecular flexibility index (Phi) is 5.98. The van der Waals surface area contributed by atoms with E-state index in [1.165, 1.54) is 0 Å². The number of ether oxygens (including phenoxy) is 2. The first-order valence-corrected chi connectivity index (χ1v) is 5.02. The van der Waals surface area contributed by atoms with E-state index in [9.17, 15) is 4.79 Å². The molecular weight excluding hydrogens is 210 g/mol. The van der Waals surface area contributed by atoms with Gasteiger partial charge in [0.1, 0.15) is 5.75 Å². The molecule has 0 aliphatic carbocycles. The Hall–Kier alpha value is -1.59. The number of rotatable bonds is 6. The first kappa shape index (κ1) is 12.5. The van der Waals surface area contributed by atoms with Crippen molar-refractivity contribution in [3.8, 4) is 5.75 Å². The summed E-state index contributed by atoms with van der Waals surface area (Å²) < 4.78 is 9.93. The minimum absolute atomic E-state index is 0.0194. The molecule has 2 N–H and O–H groups in total. The summed E-state index contributed by atoms with van der Waals surface area (Å²) in [5, 5.41) is 11.0. The van der Waals surface area contributed by atoms with Crippen molar-refractivity contribution in [1.82, 2.24) is 5.32 Å². The zero-order chi connectivity index (χ0) is 11.6. The highest BCUT2D eigenvalue weighted by Gasteiger charge is 2.01. The Morgan fingerprint density at radius 3 is 2.69 bits per heavy atom. The second-order valence-electron chi connectivity index (χ2n) is 2.97. The SMILES string of the molecule is O=C(NCCOCCO)Oc1ccccc1. The fraction of sp³-hybridized carbons (Fsp3) is 0.364. The van der Waals surface area contributed by atoms with Gasteiger partial charge in [-0.1, -0.05) is 18.2 Å². The molecule has 0 fully saturated rings. The largest absolute Gasteiger partial charge is 0.412 e. The van der Waals surface area contributed by atoms with E-state index in [2.05, 4.69) is 5.32 Å². The number of aliphatic hydroxyl groups excluding tert-OH is 1. The number of para-hydroxylation sites is 1. The lowest BCUT2D eigenvalue weighted by molar-refractivity contribution is 0.0935. The van der Waals surface area contributed by atoms with Crippen molar-refractivity contribution in [3.63, 3.8) is 0 Å². The number of benzene rings is 1. The van der Waals surface area contributed by atoms with Crippen LogP contribution in [0.4, 0.5) is 4.79 Å². The van der Waals surface area contributed by atoms with Gasteiger partial charge in [-0.2, -0.15) is 0 Å². The monoisotopic (exact) mass is 225 g/mol. The summed E-state index contributed by atoms with van der Waals surface area (Å²) in [5.41, 5.74) is 0. The first-order valence-electron chi connectivity index (χ1n) is 5.02. The van der Waals surface area contributed by atoms with Gasteiger partial charge in [-0.3, -0.25) is 0 Å². The van der Waals surface area contributed by atoms with Crippen LogP contribution in [0.2, 0.25) is 0 Å². The van der Waals surface area contributed by atoms with Gasteiger partial charge in [0, 0.05) is 6.54 Å². The highest BCUT2D eigenvalue weighted by Crippen LogP contribution is 2.07. The van der Waals surface area contributed by atoms with Crippen molar-refractivity contribution in [2.45, 2.75) is 0 Å². The number of hydrogen-bond donors (Lipinski definition) is 2. The van der Waals surface area contributed by atoms with Crippen molar-refractivity contribution >= 4 is 6.09 Å². The van der Waals surface area contributed by atoms with E-state index in [-0.39, 0.29) is 13.2 Å². The van der Waals surface area contributed by atoms with Crippen molar-refractivity contribution in [2.75, 3.05) is 26.4 Å². The Morgan fingerprint density at radius 1 is 1.25 bits per heavy atom. The fourth-order valence-corrected chi connectivity index (χ4v) is 1.02. The summed E-state index contributed by atoms with van der Waals surface area (Å²) in [6.45, 7) is 0.958. The summed E-state index contributed by atoms with van der Waals surface area (Å²) in [6.07, 6.45) is -0.515. The first-order chi connectivity index (χ1) is 7.83. The molecule has 0 aliphatic heterocycles. The average Bonchev–Trinajstić information content (AvgIpc) is 2.30. The maximum atomic E-state index is 11.2. The molecule has 0 bridgehead atoms. The summed E-state index contributed by atoms with van der Waals surface area (Å²) in [5.74, 6) is 0.497. The molecule has 1 rings (SSSR count). The highest BCUT2D eigenvalue weighted by molar-refractivity contribution is 5.70. The van der Waals surface area contributed by atoms with E-state index in [4.69, 9.17) is 14.6 Å². The lowest BCUT2D eigenvalue weighted by atomic mass is 10.3. The smallest absolute Gasteiger partial charge is 0.410 e. The van der Waals surface area contributed by atoms with Crippen LogP contribution in [0.25, 0.3) is 0 Å². The quantitative estimate of drug-likeness (QED) is 0.702. The van der Waals surface area contributed by atoms with Crippen LogP contribution in [0.3, 0.4) is 0 Å². The maximum Gasteiger partial charge on any atom is 0.412 e. The summed E-state index contributed by atoms with van der Waals surface area (Å²) in [4.78, 5) is 11.2. The summed E-state index contributed by atoms with van der Waals surface area (Å²) in [7, 11) is 0. The van der Waals surface area contributed by atoms with Crippen LogP contribution in [0.15, 0.2) is 30.3 Å². The number of amides is 1. The lowest BCUT2D eigenvalue weighted by Gasteiger charge is -2.06.